The molecule has 0 unspecified atom stereocenters. The lowest BCUT2D eigenvalue weighted by Gasteiger charge is -2.18. The summed E-state index contributed by atoms with van der Waals surface area (Å²) in [6, 6.07) is 11.4. The highest BCUT2D eigenvalue weighted by atomic mass is 32.1. The second kappa shape index (κ2) is 5.73. The van der Waals surface area contributed by atoms with Gasteiger partial charge in [0.2, 0.25) is 0 Å². The zero-order valence-corrected chi connectivity index (χ0v) is 12.0. The van der Waals surface area contributed by atoms with Gasteiger partial charge in [0.05, 0.1) is 6.04 Å². The van der Waals surface area contributed by atoms with Gasteiger partial charge in [-0.2, -0.15) is 0 Å². The fourth-order valence-corrected chi connectivity index (χ4v) is 3.63. The van der Waals surface area contributed by atoms with Crippen molar-refractivity contribution in [2.75, 3.05) is 5.32 Å². The van der Waals surface area contributed by atoms with E-state index in [1.807, 2.05) is 35.0 Å². The normalized spacial score (nSPS) is 10.9. The van der Waals surface area contributed by atoms with Crippen LogP contribution in [0.4, 0.5) is 14.5 Å². The van der Waals surface area contributed by atoms with Gasteiger partial charge < -0.3 is 5.32 Å². The standard InChI is InChI=1S/C15H11F2NS2/c16-10-4-1-5-11(17)14(10)18-15(12-6-2-8-19-12)13-7-3-9-20-13/h1-9,15,18H. The van der Waals surface area contributed by atoms with Crippen molar-refractivity contribution in [3.63, 3.8) is 0 Å². The van der Waals surface area contributed by atoms with E-state index in [0.717, 1.165) is 9.75 Å². The largest absolute Gasteiger partial charge is 0.368 e. The number of nitrogens with one attached hydrogen (secondary N) is 1. The van der Waals surface area contributed by atoms with E-state index in [1.165, 1.54) is 18.2 Å². The van der Waals surface area contributed by atoms with Crippen molar-refractivity contribution in [2.45, 2.75) is 6.04 Å². The summed E-state index contributed by atoms with van der Waals surface area (Å²) < 4.78 is 27.6. The van der Waals surface area contributed by atoms with Gasteiger partial charge in [-0.3, -0.25) is 0 Å². The summed E-state index contributed by atoms with van der Waals surface area (Å²) in [5.74, 6) is -1.16. The molecule has 2 aromatic heterocycles. The highest BCUT2D eigenvalue weighted by Crippen LogP contribution is 2.33. The van der Waals surface area contributed by atoms with Gasteiger partial charge in [-0.05, 0) is 35.0 Å². The maximum atomic E-state index is 13.8. The molecular weight excluding hydrogens is 296 g/mol. The molecule has 0 saturated heterocycles. The molecule has 0 spiro atoms. The van der Waals surface area contributed by atoms with Crippen LogP contribution in [-0.4, -0.2) is 0 Å². The summed E-state index contributed by atoms with van der Waals surface area (Å²) in [4.78, 5) is 2.05. The molecule has 3 aromatic rings. The van der Waals surface area contributed by atoms with Crippen LogP contribution in [0.15, 0.2) is 53.2 Å². The summed E-state index contributed by atoms with van der Waals surface area (Å²) in [5, 5.41) is 6.90. The summed E-state index contributed by atoms with van der Waals surface area (Å²) in [5.41, 5.74) is -0.0840. The van der Waals surface area contributed by atoms with Crippen LogP contribution < -0.4 is 5.32 Å². The highest BCUT2D eigenvalue weighted by molar-refractivity contribution is 7.11. The summed E-state index contributed by atoms with van der Waals surface area (Å²) in [6.45, 7) is 0. The van der Waals surface area contributed by atoms with Crippen LogP contribution in [0.5, 0.6) is 0 Å². The minimum absolute atomic E-state index is 0.0840. The van der Waals surface area contributed by atoms with Gasteiger partial charge in [-0.1, -0.05) is 18.2 Å². The lowest BCUT2D eigenvalue weighted by molar-refractivity contribution is 0.586. The van der Waals surface area contributed by atoms with E-state index < -0.39 is 11.6 Å². The van der Waals surface area contributed by atoms with Crippen LogP contribution >= 0.6 is 22.7 Å². The van der Waals surface area contributed by atoms with Crippen molar-refractivity contribution >= 4 is 28.4 Å². The Balaban J connectivity index is 1.99. The first-order valence-corrected chi connectivity index (χ1v) is 7.79. The van der Waals surface area contributed by atoms with E-state index in [1.54, 1.807) is 22.7 Å². The maximum absolute atomic E-state index is 13.8. The number of benzene rings is 1. The molecular formula is C15H11F2NS2. The molecule has 0 aliphatic rings. The Hall–Kier alpha value is -1.72. The Bertz CT molecular complexity index is 623. The molecule has 5 heteroatoms. The van der Waals surface area contributed by atoms with Crippen molar-refractivity contribution in [3.8, 4) is 0 Å². The average molecular weight is 307 g/mol. The van der Waals surface area contributed by atoms with Crippen LogP contribution in [0, 0.1) is 11.6 Å². The molecule has 0 aliphatic heterocycles. The Kier molecular flexibility index (Phi) is 3.80. The number of rotatable bonds is 4. The Labute approximate surface area is 123 Å². The van der Waals surface area contributed by atoms with E-state index in [2.05, 4.69) is 5.32 Å². The fourth-order valence-electron chi connectivity index (χ4n) is 1.97. The van der Waals surface area contributed by atoms with Crippen molar-refractivity contribution in [3.05, 3.63) is 74.6 Å². The van der Waals surface area contributed by atoms with Gasteiger partial charge in [-0.15, -0.1) is 22.7 Å². The second-order valence-corrected chi connectivity index (χ2v) is 6.16. The van der Waals surface area contributed by atoms with Crippen molar-refractivity contribution in [1.82, 2.24) is 0 Å². The van der Waals surface area contributed by atoms with Crippen LogP contribution in [0.25, 0.3) is 0 Å². The smallest absolute Gasteiger partial charge is 0.149 e. The average Bonchev–Trinajstić information content (AvgIpc) is 3.12. The van der Waals surface area contributed by atoms with Gasteiger partial charge in [0.1, 0.15) is 17.3 Å². The molecule has 2 heterocycles. The molecule has 0 bridgehead atoms. The van der Waals surface area contributed by atoms with E-state index >= 15 is 0 Å². The van der Waals surface area contributed by atoms with Gasteiger partial charge in [-0.25, -0.2) is 8.78 Å². The van der Waals surface area contributed by atoms with Crippen molar-refractivity contribution in [1.29, 1.82) is 0 Å². The first-order chi connectivity index (χ1) is 9.75. The number of para-hydroxylation sites is 1. The molecule has 1 aromatic carbocycles. The second-order valence-electron chi connectivity index (χ2n) is 4.20. The lowest BCUT2D eigenvalue weighted by atomic mass is 10.1. The molecule has 0 amide bonds. The van der Waals surface area contributed by atoms with Gasteiger partial charge in [0, 0.05) is 9.75 Å². The number of anilines is 1. The Morgan fingerprint density at radius 1 is 0.800 bits per heavy atom. The summed E-state index contributed by atoms with van der Waals surface area (Å²) >= 11 is 3.12. The molecule has 1 N–H and O–H groups in total. The molecule has 0 radical (unpaired) electrons. The number of hydrogen-bond donors (Lipinski definition) is 1. The minimum Gasteiger partial charge on any atom is -0.368 e. The maximum Gasteiger partial charge on any atom is 0.149 e. The third kappa shape index (κ3) is 2.59. The van der Waals surface area contributed by atoms with E-state index in [4.69, 9.17) is 0 Å². The molecule has 102 valence electrons. The topological polar surface area (TPSA) is 12.0 Å². The zero-order valence-electron chi connectivity index (χ0n) is 10.3. The van der Waals surface area contributed by atoms with Crippen LogP contribution in [-0.2, 0) is 0 Å². The highest BCUT2D eigenvalue weighted by Gasteiger charge is 2.19. The molecule has 0 saturated carbocycles. The third-order valence-corrected chi connectivity index (χ3v) is 4.78. The van der Waals surface area contributed by atoms with Crippen molar-refractivity contribution < 1.29 is 8.78 Å². The van der Waals surface area contributed by atoms with Gasteiger partial charge in [0.25, 0.3) is 0 Å². The minimum atomic E-state index is -0.580. The quantitative estimate of drug-likeness (QED) is 0.690. The predicted molar refractivity (Wildman–Crippen MR) is 80.5 cm³/mol. The number of thiophene rings is 2. The molecule has 0 aliphatic carbocycles. The summed E-state index contributed by atoms with van der Waals surface area (Å²) in [7, 11) is 0. The lowest BCUT2D eigenvalue weighted by Crippen LogP contribution is -2.12. The molecule has 0 fully saturated rings. The zero-order chi connectivity index (χ0) is 13.9. The van der Waals surface area contributed by atoms with Gasteiger partial charge >= 0.3 is 0 Å². The molecule has 0 atom stereocenters. The monoisotopic (exact) mass is 307 g/mol. The summed E-state index contributed by atoms with van der Waals surface area (Å²) in [6.07, 6.45) is 0. The van der Waals surface area contributed by atoms with E-state index in [0.29, 0.717) is 0 Å². The first kappa shape index (κ1) is 13.3. The predicted octanol–water partition coefficient (Wildman–Crippen LogP) is 5.29. The first-order valence-electron chi connectivity index (χ1n) is 6.03. The Morgan fingerprint density at radius 2 is 1.35 bits per heavy atom. The fraction of sp³-hybridized carbons (Fsp3) is 0.0667. The Morgan fingerprint density at radius 3 is 1.80 bits per heavy atom. The number of halogens is 2. The van der Waals surface area contributed by atoms with Crippen LogP contribution in [0.3, 0.4) is 0 Å². The third-order valence-electron chi connectivity index (χ3n) is 2.91. The van der Waals surface area contributed by atoms with Gasteiger partial charge in [0.15, 0.2) is 0 Å². The van der Waals surface area contributed by atoms with Crippen LogP contribution in [0.1, 0.15) is 15.8 Å². The molecule has 20 heavy (non-hydrogen) atoms. The van der Waals surface area contributed by atoms with Crippen LogP contribution in [0.2, 0.25) is 0 Å². The molecule has 1 nitrogen and oxygen atoms in total. The number of hydrogen-bond acceptors (Lipinski definition) is 3. The van der Waals surface area contributed by atoms with E-state index in [-0.39, 0.29) is 11.7 Å². The van der Waals surface area contributed by atoms with E-state index in [9.17, 15) is 8.78 Å². The van der Waals surface area contributed by atoms with Crippen molar-refractivity contribution in [2.24, 2.45) is 0 Å². The SMILES string of the molecule is Fc1cccc(F)c1NC(c1cccs1)c1cccs1. The molecule has 3 rings (SSSR count).